The van der Waals surface area contributed by atoms with Crippen molar-refractivity contribution in [3.05, 3.63) is 78.3 Å². The number of amides is 2. The zero-order chi connectivity index (χ0) is 18.4. The molecular formula is C20H18N2O4. The van der Waals surface area contributed by atoms with Crippen molar-refractivity contribution < 1.29 is 18.7 Å². The lowest BCUT2D eigenvalue weighted by Gasteiger charge is -2.06. The molecule has 6 nitrogen and oxygen atoms in total. The maximum atomic E-state index is 12.2. The number of ether oxygens (including phenoxy) is 1. The molecule has 6 heteroatoms. The first-order valence-corrected chi connectivity index (χ1v) is 8.06. The molecule has 0 atom stereocenters. The fraction of sp³-hybridized carbons (Fsp3) is 0.100. The van der Waals surface area contributed by atoms with E-state index in [1.165, 1.54) is 6.92 Å². The Labute approximate surface area is 150 Å². The van der Waals surface area contributed by atoms with Crippen LogP contribution in [0.3, 0.4) is 0 Å². The van der Waals surface area contributed by atoms with E-state index in [2.05, 4.69) is 10.6 Å². The van der Waals surface area contributed by atoms with Crippen molar-refractivity contribution in [2.75, 3.05) is 10.6 Å². The topological polar surface area (TPSA) is 80.6 Å². The van der Waals surface area contributed by atoms with E-state index < -0.39 is 0 Å². The predicted octanol–water partition coefficient (Wildman–Crippen LogP) is 4.07. The number of nitrogens with one attached hydrogen (secondary N) is 2. The minimum Gasteiger partial charge on any atom is -0.486 e. The normalized spacial score (nSPS) is 10.2. The average Bonchev–Trinajstić information content (AvgIpc) is 3.11. The summed E-state index contributed by atoms with van der Waals surface area (Å²) in [6.45, 7) is 1.67. The van der Waals surface area contributed by atoms with Gasteiger partial charge in [-0.25, -0.2) is 0 Å². The number of rotatable bonds is 6. The van der Waals surface area contributed by atoms with Crippen molar-refractivity contribution in [2.24, 2.45) is 0 Å². The second kappa shape index (κ2) is 8.02. The third-order valence-corrected chi connectivity index (χ3v) is 3.47. The van der Waals surface area contributed by atoms with Crippen LogP contribution in [0.4, 0.5) is 11.4 Å². The van der Waals surface area contributed by atoms with Gasteiger partial charge in [-0.3, -0.25) is 9.59 Å². The molecule has 0 bridgehead atoms. The molecule has 3 aromatic rings. The Kier molecular flexibility index (Phi) is 5.34. The number of para-hydroxylation sites is 1. The molecule has 0 spiro atoms. The molecule has 2 amide bonds. The van der Waals surface area contributed by atoms with Gasteiger partial charge in [-0.1, -0.05) is 18.2 Å². The quantitative estimate of drug-likeness (QED) is 0.702. The smallest absolute Gasteiger partial charge is 0.291 e. The Morgan fingerprint density at radius 2 is 1.54 bits per heavy atom. The van der Waals surface area contributed by atoms with Crippen molar-refractivity contribution in [1.29, 1.82) is 0 Å². The van der Waals surface area contributed by atoms with Gasteiger partial charge in [0, 0.05) is 18.3 Å². The maximum Gasteiger partial charge on any atom is 0.291 e. The largest absolute Gasteiger partial charge is 0.486 e. The Balaban J connectivity index is 1.56. The second-order valence-electron chi connectivity index (χ2n) is 5.58. The highest BCUT2D eigenvalue weighted by Gasteiger charge is 2.12. The molecular weight excluding hydrogens is 332 g/mol. The van der Waals surface area contributed by atoms with Crippen LogP contribution >= 0.6 is 0 Å². The summed E-state index contributed by atoms with van der Waals surface area (Å²) in [5.74, 6) is 0.975. The molecule has 0 aliphatic rings. The van der Waals surface area contributed by atoms with Gasteiger partial charge in [0.2, 0.25) is 5.91 Å². The summed E-state index contributed by atoms with van der Waals surface area (Å²) in [5, 5.41) is 5.40. The lowest BCUT2D eigenvalue weighted by atomic mass is 10.2. The Morgan fingerprint density at radius 3 is 2.19 bits per heavy atom. The highest BCUT2D eigenvalue weighted by molar-refractivity contribution is 6.02. The second-order valence-corrected chi connectivity index (χ2v) is 5.58. The van der Waals surface area contributed by atoms with Crippen LogP contribution in [-0.2, 0) is 11.4 Å². The van der Waals surface area contributed by atoms with Gasteiger partial charge in [0.05, 0.1) is 0 Å². The predicted molar refractivity (Wildman–Crippen MR) is 98.2 cm³/mol. The monoisotopic (exact) mass is 350 g/mol. The number of anilines is 2. The lowest BCUT2D eigenvalue weighted by molar-refractivity contribution is -0.114. The van der Waals surface area contributed by atoms with Crippen LogP contribution < -0.4 is 15.4 Å². The SMILES string of the molecule is CC(=O)Nc1ccc(NC(=O)c2ccc(COc3ccccc3)o2)cc1. The standard InChI is InChI=1S/C20H18N2O4/c1-14(23)21-15-7-9-16(10-8-15)22-20(24)19-12-11-18(26-19)13-25-17-5-3-2-4-6-17/h2-12H,13H2,1H3,(H,21,23)(H,22,24). The molecule has 26 heavy (non-hydrogen) atoms. The molecule has 0 fully saturated rings. The first kappa shape index (κ1) is 17.3. The Hall–Kier alpha value is -3.54. The van der Waals surface area contributed by atoms with Crippen LogP contribution in [0.15, 0.2) is 71.1 Å². The van der Waals surface area contributed by atoms with E-state index in [4.69, 9.17) is 9.15 Å². The van der Waals surface area contributed by atoms with E-state index in [-0.39, 0.29) is 24.2 Å². The summed E-state index contributed by atoms with van der Waals surface area (Å²) in [6, 6.07) is 19.5. The molecule has 2 N–H and O–H groups in total. The molecule has 3 rings (SSSR count). The van der Waals surface area contributed by atoms with Crippen LogP contribution in [0.5, 0.6) is 5.75 Å². The molecule has 0 unspecified atom stereocenters. The average molecular weight is 350 g/mol. The van der Waals surface area contributed by atoms with Crippen LogP contribution in [0, 0.1) is 0 Å². The van der Waals surface area contributed by atoms with E-state index in [0.29, 0.717) is 17.1 Å². The van der Waals surface area contributed by atoms with E-state index in [1.807, 2.05) is 30.3 Å². The Morgan fingerprint density at radius 1 is 0.885 bits per heavy atom. The van der Waals surface area contributed by atoms with Crippen LogP contribution in [0.1, 0.15) is 23.2 Å². The molecule has 0 saturated carbocycles. The Bertz CT molecular complexity index is 886. The minimum absolute atomic E-state index is 0.150. The summed E-state index contributed by atoms with van der Waals surface area (Å²) >= 11 is 0. The summed E-state index contributed by atoms with van der Waals surface area (Å²) in [6.07, 6.45) is 0. The number of hydrogen-bond donors (Lipinski definition) is 2. The van der Waals surface area contributed by atoms with Gasteiger partial charge in [-0.15, -0.1) is 0 Å². The van der Waals surface area contributed by atoms with Crippen molar-refractivity contribution in [2.45, 2.75) is 13.5 Å². The first-order chi connectivity index (χ1) is 12.6. The van der Waals surface area contributed by atoms with Crippen LogP contribution in [-0.4, -0.2) is 11.8 Å². The van der Waals surface area contributed by atoms with Gasteiger partial charge in [0.15, 0.2) is 5.76 Å². The summed E-state index contributed by atoms with van der Waals surface area (Å²) in [7, 11) is 0. The molecule has 1 heterocycles. The van der Waals surface area contributed by atoms with Crippen LogP contribution in [0.25, 0.3) is 0 Å². The third-order valence-electron chi connectivity index (χ3n) is 3.47. The van der Waals surface area contributed by atoms with Gasteiger partial charge >= 0.3 is 0 Å². The number of carbonyl (C=O) groups excluding carboxylic acids is 2. The fourth-order valence-electron chi connectivity index (χ4n) is 2.28. The maximum absolute atomic E-state index is 12.2. The zero-order valence-corrected chi connectivity index (χ0v) is 14.2. The van der Waals surface area contributed by atoms with Gasteiger partial charge in [-0.05, 0) is 48.5 Å². The van der Waals surface area contributed by atoms with Gasteiger partial charge in [0.1, 0.15) is 18.1 Å². The third kappa shape index (κ3) is 4.73. The van der Waals surface area contributed by atoms with Crippen molar-refractivity contribution >= 4 is 23.2 Å². The van der Waals surface area contributed by atoms with E-state index in [1.54, 1.807) is 36.4 Å². The zero-order valence-electron chi connectivity index (χ0n) is 14.2. The highest BCUT2D eigenvalue weighted by atomic mass is 16.5. The van der Waals surface area contributed by atoms with Crippen LogP contribution in [0.2, 0.25) is 0 Å². The molecule has 0 radical (unpaired) electrons. The molecule has 0 saturated heterocycles. The molecule has 2 aromatic carbocycles. The first-order valence-electron chi connectivity index (χ1n) is 8.06. The van der Waals surface area contributed by atoms with Crippen molar-refractivity contribution in [3.63, 3.8) is 0 Å². The molecule has 132 valence electrons. The fourth-order valence-corrected chi connectivity index (χ4v) is 2.28. The van der Waals surface area contributed by atoms with E-state index in [9.17, 15) is 9.59 Å². The van der Waals surface area contributed by atoms with Gasteiger partial charge in [0.25, 0.3) is 5.91 Å². The molecule has 1 aromatic heterocycles. The lowest BCUT2D eigenvalue weighted by Crippen LogP contribution is -2.11. The highest BCUT2D eigenvalue weighted by Crippen LogP contribution is 2.17. The molecule has 0 aliphatic carbocycles. The minimum atomic E-state index is -0.358. The number of carbonyl (C=O) groups is 2. The number of benzene rings is 2. The van der Waals surface area contributed by atoms with Gasteiger partial charge in [-0.2, -0.15) is 0 Å². The van der Waals surface area contributed by atoms with Crippen molar-refractivity contribution in [3.8, 4) is 5.75 Å². The van der Waals surface area contributed by atoms with Crippen molar-refractivity contribution in [1.82, 2.24) is 0 Å². The number of hydrogen-bond acceptors (Lipinski definition) is 4. The van der Waals surface area contributed by atoms with E-state index in [0.717, 1.165) is 5.75 Å². The van der Waals surface area contributed by atoms with Gasteiger partial charge < -0.3 is 19.8 Å². The number of furan rings is 1. The summed E-state index contributed by atoms with van der Waals surface area (Å²) in [4.78, 5) is 23.3. The van der Waals surface area contributed by atoms with E-state index >= 15 is 0 Å². The summed E-state index contributed by atoms with van der Waals surface area (Å²) in [5.41, 5.74) is 1.26. The summed E-state index contributed by atoms with van der Waals surface area (Å²) < 4.78 is 11.1. The molecule has 0 aliphatic heterocycles.